The summed E-state index contributed by atoms with van der Waals surface area (Å²) < 4.78 is 5.31. The zero-order valence-corrected chi connectivity index (χ0v) is 11.4. The van der Waals surface area contributed by atoms with E-state index in [0.29, 0.717) is 5.92 Å². The molecule has 94 valence electrons. The van der Waals surface area contributed by atoms with Gasteiger partial charge in [-0.15, -0.1) is 0 Å². The minimum absolute atomic E-state index is 0.249. The number of benzene rings is 1. The van der Waals surface area contributed by atoms with Gasteiger partial charge < -0.3 is 4.74 Å². The van der Waals surface area contributed by atoms with Crippen LogP contribution in [0.5, 0.6) is 0 Å². The van der Waals surface area contributed by atoms with Crippen LogP contribution < -0.4 is 0 Å². The number of hydrogen-bond donors (Lipinski definition) is 0. The molecule has 0 spiro atoms. The van der Waals surface area contributed by atoms with Crippen LogP contribution in [0.2, 0.25) is 0 Å². The highest BCUT2D eigenvalue weighted by molar-refractivity contribution is 5.66. The van der Waals surface area contributed by atoms with Crippen molar-refractivity contribution in [3.8, 4) is 0 Å². The van der Waals surface area contributed by atoms with Crippen LogP contribution in [0.25, 0.3) is 0 Å². The molecular formula is C15H22O2. The predicted molar refractivity (Wildman–Crippen MR) is 69.9 cm³/mol. The van der Waals surface area contributed by atoms with E-state index in [-0.39, 0.29) is 5.97 Å². The topological polar surface area (TPSA) is 26.3 Å². The molecule has 0 bridgehead atoms. The van der Waals surface area contributed by atoms with Gasteiger partial charge in [-0.3, -0.25) is 4.79 Å². The lowest BCUT2D eigenvalue weighted by molar-refractivity contribution is -0.154. The number of carbonyl (C=O) groups excluding carboxylic acids is 1. The van der Waals surface area contributed by atoms with Crippen molar-refractivity contribution in [1.29, 1.82) is 0 Å². The van der Waals surface area contributed by atoms with Crippen LogP contribution in [0.4, 0.5) is 0 Å². The number of esters is 1. The summed E-state index contributed by atoms with van der Waals surface area (Å²) in [5.41, 5.74) is 1.80. The summed E-state index contributed by atoms with van der Waals surface area (Å²) in [6.45, 7) is 9.65. The SMILES string of the molecule is CCC(C)c1ccc(C(C)(C)OC(C)=O)cc1. The van der Waals surface area contributed by atoms with Crippen molar-refractivity contribution < 1.29 is 9.53 Å². The molecule has 0 aromatic heterocycles. The summed E-state index contributed by atoms with van der Waals surface area (Å²) in [6.07, 6.45) is 1.13. The Bertz CT molecular complexity index is 376. The van der Waals surface area contributed by atoms with Crippen molar-refractivity contribution in [2.24, 2.45) is 0 Å². The normalized spacial score (nSPS) is 13.2. The number of carbonyl (C=O) groups is 1. The van der Waals surface area contributed by atoms with E-state index in [1.807, 2.05) is 26.0 Å². The second kappa shape index (κ2) is 5.35. The van der Waals surface area contributed by atoms with E-state index in [9.17, 15) is 4.79 Å². The van der Waals surface area contributed by atoms with Gasteiger partial charge in [0.25, 0.3) is 0 Å². The molecular weight excluding hydrogens is 212 g/mol. The van der Waals surface area contributed by atoms with Gasteiger partial charge in [-0.1, -0.05) is 38.1 Å². The Balaban J connectivity index is 2.90. The second-order valence-corrected chi connectivity index (χ2v) is 5.04. The van der Waals surface area contributed by atoms with Gasteiger partial charge in [0.1, 0.15) is 5.60 Å². The Morgan fingerprint density at radius 3 is 2.24 bits per heavy atom. The van der Waals surface area contributed by atoms with Crippen LogP contribution in [-0.4, -0.2) is 5.97 Å². The molecule has 0 heterocycles. The molecule has 0 aliphatic heterocycles. The smallest absolute Gasteiger partial charge is 0.303 e. The molecule has 1 unspecified atom stereocenters. The lowest BCUT2D eigenvalue weighted by atomic mass is 9.93. The first-order valence-corrected chi connectivity index (χ1v) is 6.17. The number of ether oxygens (including phenoxy) is 1. The van der Waals surface area contributed by atoms with Crippen molar-refractivity contribution >= 4 is 5.97 Å². The molecule has 0 N–H and O–H groups in total. The molecule has 1 aromatic rings. The third-order valence-corrected chi connectivity index (χ3v) is 3.19. The van der Waals surface area contributed by atoms with Gasteiger partial charge in [0, 0.05) is 6.92 Å². The average molecular weight is 234 g/mol. The fraction of sp³-hybridized carbons (Fsp3) is 0.533. The lowest BCUT2D eigenvalue weighted by Crippen LogP contribution is -2.24. The Labute approximate surface area is 104 Å². The Kier molecular flexibility index (Phi) is 4.33. The molecule has 17 heavy (non-hydrogen) atoms. The van der Waals surface area contributed by atoms with Gasteiger partial charge >= 0.3 is 5.97 Å². The monoisotopic (exact) mass is 234 g/mol. The largest absolute Gasteiger partial charge is 0.455 e. The zero-order valence-electron chi connectivity index (χ0n) is 11.4. The van der Waals surface area contributed by atoms with Gasteiger partial charge in [-0.2, -0.15) is 0 Å². The average Bonchev–Trinajstić information content (AvgIpc) is 2.26. The molecule has 0 radical (unpaired) electrons. The van der Waals surface area contributed by atoms with E-state index in [1.54, 1.807) is 0 Å². The van der Waals surface area contributed by atoms with Gasteiger partial charge in [0.2, 0.25) is 0 Å². The van der Waals surface area contributed by atoms with Crippen molar-refractivity contribution in [2.45, 2.75) is 52.6 Å². The molecule has 0 aliphatic rings. The lowest BCUT2D eigenvalue weighted by Gasteiger charge is -2.25. The van der Waals surface area contributed by atoms with E-state index in [2.05, 4.69) is 26.0 Å². The maximum absolute atomic E-state index is 11.0. The highest BCUT2D eigenvalue weighted by atomic mass is 16.6. The van der Waals surface area contributed by atoms with Gasteiger partial charge in [-0.25, -0.2) is 0 Å². The van der Waals surface area contributed by atoms with E-state index in [1.165, 1.54) is 12.5 Å². The van der Waals surface area contributed by atoms with Crippen molar-refractivity contribution in [3.05, 3.63) is 35.4 Å². The minimum Gasteiger partial charge on any atom is -0.455 e. The highest BCUT2D eigenvalue weighted by Gasteiger charge is 2.23. The third-order valence-electron chi connectivity index (χ3n) is 3.19. The molecule has 2 nitrogen and oxygen atoms in total. The first kappa shape index (κ1) is 13.8. The maximum Gasteiger partial charge on any atom is 0.303 e. The van der Waals surface area contributed by atoms with Crippen LogP contribution in [-0.2, 0) is 15.1 Å². The second-order valence-electron chi connectivity index (χ2n) is 5.04. The summed E-state index contributed by atoms with van der Waals surface area (Å²) >= 11 is 0. The predicted octanol–water partition coefficient (Wildman–Crippen LogP) is 4.00. The van der Waals surface area contributed by atoms with E-state index >= 15 is 0 Å². The van der Waals surface area contributed by atoms with Gasteiger partial charge in [0.05, 0.1) is 0 Å². The first-order chi connectivity index (χ1) is 7.86. The standard InChI is InChI=1S/C15H22O2/c1-6-11(2)13-7-9-14(10-8-13)15(4,5)17-12(3)16/h7-11H,6H2,1-5H3. The van der Waals surface area contributed by atoms with E-state index in [0.717, 1.165) is 12.0 Å². The van der Waals surface area contributed by atoms with Crippen molar-refractivity contribution in [3.63, 3.8) is 0 Å². The summed E-state index contributed by atoms with van der Waals surface area (Å²) in [6, 6.07) is 8.33. The van der Waals surface area contributed by atoms with Crippen LogP contribution in [0, 0.1) is 0 Å². The highest BCUT2D eigenvalue weighted by Crippen LogP contribution is 2.27. The Hall–Kier alpha value is -1.31. The molecule has 0 fully saturated rings. The van der Waals surface area contributed by atoms with E-state index < -0.39 is 5.60 Å². The number of hydrogen-bond acceptors (Lipinski definition) is 2. The maximum atomic E-state index is 11.0. The van der Waals surface area contributed by atoms with E-state index in [4.69, 9.17) is 4.74 Å². The van der Waals surface area contributed by atoms with Gasteiger partial charge in [-0.05, 0) is 37.3 Å². The first-order valence-electron chi connectivity index (χ1n) is 6.17. The summed E-state index contributed by atoms with van der Waals surface area (Å²) in [4.78, 5) is 11.0. The Morgan fingerprint density at radius 2 is 1.82 bits per heavy atom. The van der Waals surface area contributed by atoms with Crippen molar-refractivity contribution in [2.75, 3.05) is 0 Å². The van der Waals surface area contributed by atoms with Gasteiger partial charge in [0.15, 0.2) is 0 Å². The summed E-state index contributed by atoms with van der Waals surface area (Å²) in [5.74, 6) is 0.321. The number of rotatable bonds is 4. The summed E-state index contributed by atoms with van der Waals surface area (Å²) in [5, 5.41) is 0. The molecule has 1 aromatic carbocycles. The van der Waals surface area contributed by atoms with Crippen LogP contribution in [0.3, 0.4) is 0 Å². The van der Waals surface area contributed by atoms with Crippen LogP contribution in [0.1, 0.15) is 58.1 Å². The molecule has 0 saturated heterocycles. The van der Waals surface area contributed by atoms with Crippen LogP contribution in [0.15, 0.2) is 24.3 Å². The molecule has 1 atom stereocenters. The zero-order chi connectivity index (χ0) is 13.1. The molecule has 0 aliphatic carbocycles. The third kappa shape index (κ3) is 3.58. The molecule has 0 saturated carbocycles. The minimum atomic E-state index is -0.556. The van der Waals surface area contributed by atoms with Crippen LogP contribution >= 0.6 is 0 Å². The molecule has 0 amide bonds. The summed E-state index contributed by atoms with van der Waals surface area (Å²) in [7, 11) is 0. The molecule has 1 rings (SSSR count). The fourth-order valence-corrected chi connectivity index (χ4v) is 1.87. The Morgan fingerprint density at radius 1 is 1.29 bits per heavy atom. The quantitative estimate of drug-likeness (QED) is 0.736. The molecule has 2 heteroatoms. The van der Waals surface area contributed by atoms with Crippen molar-refractivity contribution in [1.82, 2.24) is 0 Å². The fourth-order valence-electron chi connectivity index (χ4n) is 1.87.